The topological polar surface area (TPSA) is 77.1 Å². The SMILES string of the molecule is CO[Si](CCCN1C(=O)NC(C)(C)C1=O)(OC)OC. The summed E-state index contributed by atoms with van der Waals surface area (Å²) in [6.07, 6.45) is 0.580. The third-order valence-corrected chi connectivity index (χ3v) is 6.07. The molecule has 0 aromatic carbocycles. The second-order valence-corrected chi connectivity index (χ2v) is 8.00. The first-order valence-corrected chi connectivity index (χ1v) is 8.04. The van der Waals surface area contributed by atoms with Gasteiger partial charge in [-0.3, -0.25) is 9.69 Å². The molecule has 1 aliphatic rings. The highest BCUT2D eigenvalue weighted by molar-refractivity contribution is 6.60. The molecule has 0 aliphatic carbocycles. The minimum atomic E-state index is -2.64. The van der Waals surface area contributed by atoms with Crippen LogP contribution in [0.1, 0.15) is 20.3 Å². The number of hydrogen-bond donors (Lipinski definition) is 1. The summed E-state index contributed by atoms with van der Waals surface area (Å²) in [5, 5.41) is 2.64. The van der Waals surface area contributed by atoms with Crippen LogP contribution in [-0.4, -0.2) is 59.1 Å². The van der Waals surface area contributed by atoms with Gasteiger partial charge in [-0.25, -0.2) is 4.79 Å². The van der Waals surface area contributed by atoms with E-state index in [0.29, 0.717) is 19.0 Å². The molecule has 0 spiro atoms. The Morgan fingerprint density at radius 1 is 1.16 bits per heavy atom. The highest BCUT2D eigenvalue weighted by atomic mass is 28.4. The quantitative estimate of drug-likeness (QED) is 0.548. The number of nitrogens with one attached hydrogen (secondary N) is 1. The predicted octanol–water partition coefficient (Wildman–Crippen LogP) is 0.585. The van der Waals surface area contributed by atoms with E-state index >= 15 is 0 Å². The fourth-order valence-electron chi connectivity index (χ4n) is 2.03. The molecule has 0 aromatic heterocycles. The van der Waals surface area contributed by atoms with Gasteiger partial charge in [0.2, 0.25) is 0 Å². The largest absolute Gasteiger partial charge is 0.500 e. The average molecular weight is 290 g/mol. The molecule has 3 amide bonds. The Morgan fingerprint density at radius 3 is 2.05 bits per heavy atom. The van der Waals surface area contributed by atoms with E-state index in [1.165, 1.54) is 26.2 Å². The van der Waals surface area contributed by atoms with E-state index in [9.17, 15) is 9.59 Å². The minimum absolute atomic E-state index is 0.211. The first kappa shape index (κ1) is 16.1. The Labute approximate surface area is 114 Å². The van der Waals surface area contributed by atoms with Crippen LogP contribution in [0.5, 0.6) is 0 Å². The van der Waals surface area contributed by atoms with Crippen LogP contribution in [0.3, 0.4) is 0 Å². The number of amides is 3. The van der Waals surface area contributed by atoms with E-state index < -0.39 is 14.3 Å². The van der Waals surface area contributed by atoms with E-state index in [0.717, 1.165) is 0 Å². The summed E-state index contributed by atoms with van der Waals surface area (Å²) in [4.78, 5) is 24.9. The van der Waals surface area contributed by atoms with Gasteiger partial charge in [-0.15, -0.1) is 0 Å². The van der Waals surface area contributed by atoms with Crippen molar-refractivity contribution in [3.05, 3.63) is 0 Å². The lowest BCUT2D eigenvalue weighted by molar-refractivity contribution is -0.130. The predicted molar refractivity (Wildman–Crippen MR) is 70.5 cm³/mol. The highest BCUT2D eigenvalue weighted by Crippen LogP contribution is 2.20. The minimum Gasteiger partial charge on any atom is -0.377 e. The van der Waals surface area contributed by atoms with Crippen LogP contribution in [0.2, 0.25) is 6.04 Å². The fraction of sp³-hybridized carbons (Fsp3) is 0.818. The van der Waals surface area contributed by atoms with Crippen molar-refractivity contribution in [1.82, 2.24) is 10.2 Å². The van der Waals surface area contributed by atoms with Gasteiger partial charge < -0.3 is 18.6 Å². The van der Waals surface area contributed by atoms with Gasteiger partial charge in [0.1, 0.15) is 5.54 Å². The maximum absolute atomic E-state index is 12.0. The number of carbonyl (C=O) groups excluding carboxylic acids is 2. The van der Waals surface area contributed by atoms with Gasteiger partial charge in [0.05, 0.1) is 0 Å². The third kappa shape index (κ3) is 3.33. The Kier molecular flexibility index (Phi) is 5.08. The van der Waals surface area contributed by atoms with Crippen molar-refractivity contribution in [2.45, 2.75) is 31.9 Å². The van der Waals surface area contributed by atoms with Crippen LogP contribution in [0.15, 0.2) is 0 Å². The summed E-state index contributed by atoms with van der Waals surface area (Å²) < 4.78 is 15.9. The normalized spacial score (nSPS) is 18.9. The van der Waals surface area contributed by atoms with Crippen LogP contribution in [0.4, 0.5) is 4.79 Å². The molecule has 1 heterocycles. The number of nitrogens with zero attached hydrogens (tertiary/aromatic N) is 1. The molecule has 19 heavy (non-hydrogen) atoms. The summed E-state index contributed by atoms with van der Waals surface area (Å²) in [6.45, 7) is 3.70. The second-order valence-electron chi connectivity index (χ2n) is 4.91. The van der Waals surface area contributed by atoms with E-state index in [4.69, 9.17) is 13.3 Å². The molecule has 1 rings (SSSR count). The summed E-state index contributed by atoms with van der Waals surface area (Å²) in [5.41, 5.74) is -0.824. The number of rotatable bonds is 7. The lowest BCUT2D eigenvalue weighted by Crippen LogP contribution is -2.44. The van der Waals surface area contributed by atoms with Crippen molar-refractivity contribution in [3.63, 3.8) is 0 Å². The first-order chi connectivity index (χ1) is 8.82. The Morgan fingerprint density at radius 2 is 1.68 bits per heavy atom. The Hall–Kier alpha value is -0.963. The molecule has 110 valence electrons. The molecule has 0 atom stereocenters. The van der Waals surface area contributed by atoms with Crippen molar-refractivity contribution < 1.29 is 22.9 Å². The summed E-state index contributed by atoms with van der Waals surface area (Å²) in [6, 6.07) is 0.197. The lowest BCUT2D eigenvalue weighted by atomic mass is 10.1. The van der Waals surface area contributed by atoms with Gasteiger partial charge in [0.25, 0.3) is 5.91 Å². The molecule has 1 N–H and O–H groups in total. The van der Waals surface area contributed by atoms with Crippen molar-refractivity contribution in [3.8, 4) is 0 Å². The zero-order chi connectivity index (χ0) is 14.7. The van der Waals surface area contributed by atoms with Gasteiger partial charge in [-0.1, -0.05) is 0 Å². The van der Waals surface area contributed by atoms with Gasteiger partial charge >= 0.3 is 14.8 Å². The zero-order valence-electron chi connectivity index (χ0n) is 12.1. The number of imide groups is 1. The molecular formula is C11H22N2O5Si. The average Bonchev–Trinajstić information content (AvgIpc) is 2.57. The maximum Gasteiger partial charge on any atom is 0.500 e. The standard InChI is InChI=1S/C11H22N2O5Si/c1-11(2)9(14)13(10(15)12-11)7-6-8-19(16-3,17-4)18-5/h6-8H2,1-5H3,(H,12,15). The molecule has 0 bridgehead atoms. The lowest BCUT2D eigenvalue weighted by Gasteiger charge is -2.25. The Balaban J connectivity index is 2.54. The molecule has 1 fully saturated rings. The zero-order valence-corrected chi connectivity index (χ0v) is 13.1. The van der Waals surface area contributed by atoms with Crippen molar-refractivity contribution >= 4 is 20.7 Å². The maximum atomic E-state index is 12.0. The third-order valence-electron chi connectivity index (χ3n) is 3.24. The number of urea groups is 1. The van der Waals surface area contributed by atoms with Gasteiger partial charge in [-0.2, -0.15) is 0 Å². The van der Waals surface area contributed by atoms with E-state index in [1.807, 2.05) is 0 Å². The van der Waals surface area contributed by atoms with Crippen molar-refractivity contribution in [1.29, 1.82) is 0 Å². The van der Waals surface area contributed by atoms with Crippen LogP contribution in [-0.2, 0) is 18.1 Å². The summed E-state index contributed by atoms with van der Waals surface area (Å²) >= 11 is 0. The number of carbonyl (C=O) groups is 2. The molecule has 0 saturated carbocycles. The highest BCUT2D eigenvalue weighted by Gasteiger charge is 2.44. The van der Waals surface area contributed by atoms with Crippen LogP contribution >= 0.6 is 0 Å². The van der Waals surface area contributed by atoms with Crippen LogP contribution in [0.25, 0.3) is 0 Å². The van der Waals surface area contributed by atoms with Gasteiger partial charge in [0.15, 0.2) is 0 Å². The molecular weight excluding hydrogens is 268 g/mol. The molecule has 7 nitrogen and oxygen atoms in total. The fourth-order valence-corrected chi connectivity index (χ4v) is 3.73. The van der Waals surface area contributed by atoms with Crippen molar-refractivity contribution in [2.75, 3.05) is 27.9 Å². The Bertz CT molecular complexity index is 349. The molecule has 0 unspecified atom stereocenters. The van der Waals surface area contributed by atoms with E-state index in [-0.39, 0.29) is 11.9 Å². The molecule has 1 aliphatic heterocycles. The van der Waals surface area contributed by atoms with Crippen LogP contribution < -0.4 is 5.32 Å². The molecule has 0 aromatic rings. The van der Waals surface area contributed by atoms with Crippen LogP contribution in [0, 0.1) is 0 Å². The first-order valence-electron chi connectivity index (χ1n) is 6.11. The molecule has 1 saturated heterocycles. The van der Waals surface area contributed by atoms with Gasteiger partial charge in [-0.05, 0) is 20.3 Å². The molecule has 0 radical (unpaired) electrons. The van der Waals surface area contributed by atoms with Crippen molar-refractivity contribution in [2.24, 2.45) is 0 Å². The second kappa shape index (κ2) is 5.99. The smallest absolute Gasteiger partial charge is 0.377 e. The monoisotopic (exact) mass is 290 g/mol. The summed E-state index contributed by atoms with van der Waals surface area (Å²) in [5.74, 6) is -0.211. The summed E-state index contributed by atoms with van der Waals surface area (Å²) in [7, 11) is 1.97. The molecule has 8 heteroatoms. The van der Waals surface area contributed by atoms with E-state index in [2.05, 4.69) is 5.32 Å². The number of hydrogen-bond acceptors (Lipinski definition) is 5. The van der Waals surface area contributed by atoms with E-state index in [1.54, 1.807) is 13.8 Å². The van der Waals surface area contributed by atoms with Gasteiger partial charge in [0, 0.05) is 33.9 Å².